The molecule has 1 aliphatic heterocycles. The zero-order valence-corrected chi connectivity index (χ0v) is 10.1. The first-order valence-electron chi connectivity index (χ1n) is 5.65. The van der Waals surface area contributed by atoms with E-state index in [0.29, 0.717) is 0 Å². The fourth-order valence-corrected chi connectivity index (χ4v) is 2.04. The van der Waals surface area contributed by atoms with Crippen molar-refractivity contribution in [3.63, 3.8) is 0 Å². The second kappa shape index (κ2) is 3.91. The summed E-state index contributed by atoms with van der Waals surface area (Å²) < 4.78 is 0. The number of benzene rings is 1. The Bertz CT molecular complexity index is 424. The van der Waals surface area contributed by atoms with Crippen LogP contribution in [0.1, 0.15) is 25.0 Å². The summed E-state index contributed by atoms with van der Waals surface area (Å²) in [4.78, 5) is 11.8. The van der Waals surface area contributed by atoms with E-state index in [1.54, 1.807) is 0 Å². The maximum absolute atomic E-state index is 11.8. The van der Waals surface area contributed by atoms with Gasteiger partial charge in [-0.15, -0.1) is 0 Å². The van der Waals surface area contributed by atoms with Gasteiger partial charge in [0, 0.05) is 5.69 Å². The van der Waals surface area contributed by atoms with Gasteiger partial charge in [-0.1, -0.05) is 12.1 Å². The van der Waals surface area contributed by atoms with E-state index < -0.39 is 5.41 Å². The molecule has 0 saturated heterocycles. The van der Waals surface area contributed by atoms with Crippen LogP contribution in [0.15, 0.2) is 18.2 Å². The second-order valence-electron chi connectivity index (χ2n) is 4.81. The van der Waals surface area contributed by atoms with Crippen LogP contribution in [0.4, 0.5) is 5.69 Å². The fourth-order valence-electron chi connectivity index (χ4n) is 2.04. The Morgan fingerprint density at radius 1 is 1.38 bits per heavy atom. The first kappa shape index (κ1) is 11.1. The lowest BCUT2D eigenvalue weighted by molar-refractivity contribution is -0.119. The molecule has 3 heteroatoms. The molecule has 0 bridgehead atoms. The maximum Gasteiger partial charge on any atom is 0.234 e. The number of amides is 1. The van der Waals surface area contributed by atoms with Gasteiger partial charge in [-0.2, -0.15) is 0 Å². The molecule has 0 aliphatic carbocycles. The lowest BCUT2D eigenvalue weighted by atomic mass is 9.85. The number of likely N-dealkylation sites (N-methyl/N-ethyl adjacent to an activating group) is 1. The van der Waals surface area contributed by atoms with E-state index in [4.69, 9.17) is 0 Å². The van der Waals surface area contributed by atoms with Gasteiger partial charge in [0.1, 0.15) is 0 Å². The van der Waals surface area contributed by atoms with Crippen molar-refractivity contribution in [1.29, 1.82) is 0 Å². The zero-order chi connectivity index (χ0) is 11.8. The van der Waals surface area contributed by atoms with Crippen molar-refractivity contribution in [2.75, 3.05) is 18.9 Å². The van der Waals surface area contributed by atoms with E-state index in [2.05, 4.69) is 22.8 Å². The lowest BCUT2D eigenvalue weighted by Gasteiger charge is -2.15. The Labute approximate surface area is 96.2 Å². The molecule has 1 aliphatic rings. The van der Waals surface area contributed by atoms with Gasteiger partial charge in [-0.05, 0) is 51.1 Å². The van der Waals surface area contributed by atoms with Crippen molar-refractivity contribution in [2.45, 2.75) is 25.7 Å². The molecule has 0 spiro atoms. The van der Waals surface area contributed by atoms with Crippen LogP contribution in [0.5, 0.6) is 0 Å². The maximum atomic E-state index is 11.8. The predicted octanol–water partition coefficient (Wildman–Crippen LogP) is 1.68. The minimum atomic E-state index is -0.398. The SMILES string of the molecule is CNCCc1ccc2c(c1)C(C)(C)C(=O)N2. The zero-order valence-electron chi connectivity index (χ0n) is 10.1. The van der Waals surface area contributed by atoms with Crippen molar-refractivity contribution in [3.8, 4) is 0 Å². The van der Waals surface area contributed by atoms with E-state index in [0.717, 1.165) is 24.2 Å². The number of carbonyl (C=O) groups excluding carboxylic acids is 1. The molecule has 1 amide bonds. The average Bonchev–Trinajstić information content (AvgIpc) is 2.48. The molecule has 0 fully saturated rings. The van der Waals surface area contributed by atoms with Gasteiger partial charge in [-0.25, -0.2) is 0 Å². The molecular weight excluding hydrogens is 200 g/mol. The molecule has 1 aromatic carbocycles. The number of hydrogen-bond acceptors (Lipinski definition) is 2. The Morgan fingerprint density at radius 2 is 2.12 bits per heavy atom. The van der Waals surface area contributed by atoms with Crippen LogP contribution in [0.2, 0.25) is 0 Å². The average molecular weight is 218 g/mol. The largest absolute Gasteiger partial charge is 0.325 e. The Balaban J connectivity index is 2.33. The van der Waals surface area contributed by atoms with E-state index >= 15 is 0 Å². The summed E-state index contributed by atoms with van der Waals surface area (Å²) in [7, 11) is 1.95. The minimum Gasteiger partial charge on any atom is -0.325 e. The van der Waals surface area contributed by atoms with Gasteiger partial charge < -0.3 is 10.6 Å². The predicted molar refractivity (Wildman–Crippen MR) is 65.7 cm³/mol. The van der Waals surface area contributed by atoms with Crippen LogP contribution in [0.25, 0.3) is 0 Å². The monoisotopic (exact) mass is 218 g/mol. The van der Waals surface area contributed by atoms with Crippen molar-refractivity contribution in [3.05, 3.63) is 29.3 Å². The third kappa shape index (κ3) is 1.71. The van der Waals surface area contributed by atoms with Crippen LogP contribution in [-0.4, -0.2) is 19.5 Å². The molecule has 1 heterocycles. The Hall–Kier alpha value is -1.35. The number of carbonyl (C=O) groups is 1. The normalized spacial score (nSPS) is 17.1. The standard InChI is InChI=1S/C13H18N2O/c1-13(2)10-8-9(6-7-14-3)4-5-11(10)15-12(13)16/h4-5,8,14H,6-7H2,1-3H3,(H,15,16). The smallest absolute Gasteiger partial charge is 0.234 e. The molecular formula is C13H18N2O. The van der Waals surface area contributed by atoms with E-state index in [-0.39, 0.29) is 5.91 Å². The highest BCUT2D eigenvalue weighted by Crippen LogP contribution is 2.37. The molecule has 0 saturated carbocycles. The van der Waals surface area contributed by atoms with E-state index in [1.807, 2.05) is 27.0 Å². The van der Waals surface area contributed by atoms with Gasteiger partial charge in [0.2, 0.25) is 5.91 Å². The van der Waals surface area contributed by atoms with E-state index in [1.165, 1.54) is 5.56 Å². The summed E-state index contributed by atoms with van der Waals surface area (Å²) in [5.41, 5.74) is 2.96. The van der Waals surface area contributed by atoms with Gasteiger partial charge in [0.15, 0.2) is 0 Å². The van der Waals surface area contributed by atoms with Gasteiger partial charge in [-0.3, -0.25) is 4.79 Å². The summed E-state index contributed by atoms with van der Waals surface area (Å²) in [5.74, 6) is 0.0910. The fraction of sp³-hybridized carbons (Fsp3) is 0.462. The molecule has 86 valence electrons. The number of nitrogens with one attached hydrogen (secondary N) is 2. The molecule has 2 rings (SSSR count). The molecule has 3 nitrogen and oxygen atoms in total. The van der Waals surface area contributed by atoms with Crippen LogP contribution in [0.3, 0.4) is 0 Å². The van der Waals surface area contributed by atoms with Gasteiger partial charge >= 0.3 is 0 Å². The molecule has 1 aromatic rings. The number of rotatable bonds is 3. The van der Waals surface area contributed by atoms with E-state index in [9.17, 15) is 4.79 Å². The first-order chi connectivity index (χ1) is 7.55. The van der Waals surface area contributed by atoms with Gasteiger partial charge in [0.05, 0.1) is 5.41 Å². The van der Waals surface area contributed by atoms with Crippen molar-refractivity contribution in [2.24, 2.45) is 0 Å². The lowest BCUT2D eigenvalue weighted by Crippen LogP contribution is -2.26. The third-order valence-electron chi connectivity index (χ3n) is 3.24. The molecule has 0 atom stereocenters. The molecule has 0 aromatic heterocycles. The number of hydrogen-bond donors (Lipinski definition) is 2. The highest BCUT2D eigenvalue weighted by atomic mass is 16.2. The molecule has 0 radical (unpaired) electrons. The topological polar surface area (TPSA) is 41.1 Å². The molecule has 0 unspecified atom stereocenters. The molecule has 16 heavy (non-hydrogen) atoms. The van der Waals surface area contributed by atoms with Crippen molar-refractivity contribution < 1.29 is 4.79 Å². The van der Waals surface area contributed by atoms with Crippen LogP contribution >= 0.6 is 0 Å². The quantitative estimate of drug-likeness (QED) is 0.810. The summed E-state index contributed by atoms with van der Waals surface area (Å²) in [5, 5.41) is 6.05. The summed E-state index contributed by atoms with van der Waals surface area (Å²) in [6, 6.07) is 6.23. The van der Waals surface area contributed by atoms with Crippen LogP contribution in [-0.2, 0) is 16.6 Å². The Kier molecular flexibility index (Phi) is 2.72. The summed E-state index contributed by atoms with van der Waals surface area (Å²) >= 11 is 0. The highest BCUT2D eigenvalue weighted by molar-refractivity contribution is 6.05. The third-order valence-corrected chi connectivity index (χ3v) is 3.24. The van der Waals surface area contributed by atoms with Crippen LogP contribution in [0, 0.1) is 0 Å². The first-order valence-corrected chi connectivity index (χ1v) is 5.65. The van der Waals surface area contributed by atoms with Crippen LogP contribution < -0.4 is 10.6 Å². The highest BCUT2D eigenvalue weighted by Gasteiger charge is 2.38. The van der Waals surface area contributed by atoms with Crippen molar-refractivity contribution in [1.82, 2.24) is 5.32 Å². The Morgan fingerprint density at radius 3 is 2.81 bits per heavy atom. The van der Waals surface area contributed by atoms with Gasteiger partial charge in [0.25, 0.3) is 0 Å². The molecule has 2 N–H and O–H groups in total. The summed E-state index contributed by atoms with van der Waals surface area (Å²) in [6.45, 7) is 4.90. The number of anilines is 1. The van der Waals surface area contributed by atoms with Crippen molar-refractivity contribution >= 4 is 11.6 Å². The number of fused-ring (bicyclic) bond motifs is 1. The second-order valence-corrected chi connectivity index (χ2v) is 4.81. The summed E-state index contributed by atoms with van der Waals surface area (Å²) in [6.07, 6.45) is 0.994. The minimum absolute atomic E-state index is 0.0910.